The predicted octanol–water partition coefficient (Wildman–Crippen LogP) is 1.64. The third-order valence-electron chi connectivity index (χ3n) is 7.09. The summed E-state index contributed by atoms with van der Waals surface area (Å²) in [5, 5.41) is 8.49. The van der Waals surface area contributed by atoms with Crippen LogP contribution in [0.25, 0.3) is 0 Å². The molecule has 0 unspecified atom stereocenters. The quantitative estimate of drug-likeness (QED) is 0.138. The number of carbonyl (C=O) groups is 5. The number of hydrogen-bond acceptors (Lipinski definition) is 9. The van der Waals surface area contributed by atoms with Gasteiger partial charge < -0.3 is 32.2 Å². The number of thioether (sulfide) groups is 2. The van der Waals surface area contributed by atoms with Gasteiger partial charge in [-0.3, -0.25) is 29.0 Å². The molecule has 0 bridgehead atoms. The zero-order valence-electron chi connectivity index (χ0n) is 26.2. The Morgan fingerprint density at radius 2 is 1.52 bits per heavy atom. The fourth-order valence-corrected chi connectivity index (χ4v) is 6.36. The van der Waals surface area contributed by atoms with Crippen LogP contribution in [-0.4, -0.2) is 76.9 Å². The second kappa shape index (κ2) is 18.8. The Bertz CT molecular complexity index is 1130. The van der Waals surface area contributed by atoms with Crippen molar-refractivity contribution in [3.05, 3.63) is 29.6 Å². The molecular weight excluding hydrogens is 605 g/mol. The van der Waals surface area contributed by atoms with Crippen molar-refractivity contribution in [2.45, 2.75) is 88.9 Å². The summed E-state index contributed by atoms with van der Waals surface area (Å²) in [5.41, 5.74) is 11.3. The lowest BCUT2D eigenvalue weighted by Crippen LogP contribution is -2.64. The van der Waals surface area contributed by atoms with Crippen LogP contribution in [-0.2, 0) is 40.2 Å². The maximum atomic E-state index is 13.7. The van der Waals surface area contributed by atoms with Crippen LogP contribution in [0.3, 0.4) is 0 Å². The van der Waals surface area contributed by atoms with Gasteiger partial charge in [0.2, 0.25) is 29.5 Å². The van der Waals surface area contributed by atoms with Crippen molar-refractivity contribution in [3.8, 4) is 0 Å². The van der Waals surface area contributed by atoms with E-state index < -0.39 is 35.3 Å². The van der Waals surface area contributed by atoms with Gasteiger partial charge in [0, 0.05) is 61.9 Å². The number of nitrogens with zero attached hydrogens (tertiary/aromatic N) is 1. The van der Waals surface area contributed by atoms with Gasteiger partial charge in [-0.05, 0) is 30.4 Å². The second-order valence-corrected chi connectivity index (χ2v) is 13.9. The van der Waals surface area contributed by atoms with Gasteiger partial charge in [-0.15, -0.1) is 0 Å². The molecule has 1 saturated heterocycles. The molecule has 0 aromatic carbocycles. The molecule has 2 heterocycles. The van der Waals surface area contributed by atoms with Crippen LogP contribution in [0.4, 0.5) is 0 Å². The van der Waals surface area contributed by atoms with E-state index in [1.165, 1.54) is 0 Å². The lowest BCUT2D eigenvalue weighted by Gasteiger charge is -2.38. The lowest BCUT2D eigenvalue weighted by molar-refractivity contribution is -0.140. The van der Waals surface area contributed by atoms with Crippen LogP contribution in [0.1, 0.15) is 71.2 Å². The largest absolute Gasteiger partial charge is 0.381 e. The number of ether oxygens (including phenoxy) is 1. The van der Waals surface area contributed by atoms with Crippen LogP contribution in [0.15, 0.2) is 18.2 Å². The van der Waals surface area contributed by atoms with Gasteiger partial charge in [0.25, 0.3) is 0 Å². The highest BCUT2D eigenvalue weighted by atomic mass is 32.2. The zero-order chi connectivity index (χ0) is 32.7. The van der Waals surface area contributed by atoms with Crippen molar-refractivity contribution in [2.24, 2.45) is 23.3 Å². The van der Waals surface area contributed by atoms with E-state index >= 15 is 0 Å². The first kappa shape index (κ1) is 37.3. The lowest BCUT2D eigenvalue weighted by atomic mass is 9.87. The molecule has 5 amide bonds. The van der Waals surface area contributed by atoms with Crippen molar-refractivity contribution in [1.82, 2.24) is 20.9 Å². The van der Waals surface area contributed by atoms with Crippen molar-refractivity contribution in [1.29, 1.82) is 0 Å². The van der Waals surface area contributed by atoms with Crippen molar-refractivity contribution in [2.75, 3.05) is 24.7 Å². The fraction of sp³-hybridized carbons (Fsp3) is 0.667. The molecule has 2 rings (SSSR count). The normalized spacial score (nSPS) is 15.8. The van der Waals surface area contributed by atoms with Gasteiger partial charge in [0.05, 0.1) is 11.4 Å². The minimum atomic E-state index is -1.21. The number of aromatic nitrogens is 1. The molecule has 2 atom stereocenters. The van der Waals surface area contributed by atoms with E-state index in [2.05, 4.69) is 20.9 Å². The number of nitrogens with two attached hydrogens (primary N) is 2. The van der Waals surface area contributed by atoms with Gasteiger partial charge in [0.1, 0.15) is 17.6 Å². The number of nitrogens with one attached hydrogen (secondary N) is 3. The van der Waals surface area contributed by atoms with Gasteiger partial charge in [-0.1, -0.05) is 33.8 Å². The highest BCUT2D eigenvalue weighted by Crippen LogP contribution is 2.23. The van der Waals surface area contributed by atoms with E-state index in [0.29, 0.717) is 49.1 Å². The van der Waals surface area contributed by atoms with Gasteiger partial charge >= 0.3 is 0 Å². The molecule has 0 aliphatic carbocycles. The molecule has 12 nitrogen and oxygen atoms in total. The van der Waals surface area contributed by atoms with Crippen LogP contribution in [0.5, 0.6) is 0 Å². The standard InChI is InChI=1S/C30H48N6O6S2/c1-19(2)16-23(28(40)35-26(20(3)4)27(32)39)34-29(41)30(10-12-42-13-11-30)36-25(38)9-15-44-18-22-7-5-6-21(33-22)17-43-14-8-24(31)37/h5-7,19-20,23,26H,8-18H2,1-4H3,(H2,31,37)(H2,32,39)(H,34,41)(H,35,40)(H,36,38)/t23-,26-/m0/s1. The Labute approximate surface area is 268 Å². The Balaban J connectivity index is 1.96. The van der Waals surface area contributed by atoms with Crippen LogP contribution < -0.4 is 27.4 Å². The minimum Gasteiger partial charge on any atom is -0.381 e. The molecule has 1 aromatic heterocycles. The van der Waals surface area contributed by atoms with Gasteiger partial charge in [-0.2, -0.15) is 23.5 Å². The summed E-state index contributed by atoms with van der Waals surface area (Å²) in [5.74, 6) is 0.184. The molecule has 1 aliphatic rings. The topological polar surface area (TPSA) is 196 Å². The molecular formula is C30H48N6O6S2. The Morgan fingerprint density at radius 1 is 0.932 bits per heavy atom. The van der Waals surface area contributed by atoms with E-state index in [4.69, 9.17) is 16.2 Å². The smallest absolute Gasteiger partial charge is 0.246 e. The van der Waals surface area contributed by atoms with E-state index in [9.17, 15) is 24.0 Å². The molecule has 14 heteroatoms. The summed E-state index contributed by atoms with van der Waals surface area (Å²) in [6.07, 6.45) is 1.44. The Morgan fingerprint density at radius 3 is 2.05 bits per heavy atom. The number of rotatable bonds is 19. The predicted molar refractivity (Wildman–Crippen MR) is 173 cm³/mol. The monoisotopic (exact) mass is 652 g/mol. The molecule has 0 saturated carbocycles. The zero-order valence-corrected chi connectivity index (χ0v) is 27.8. The van der Waals surface area contributed by atoms with Gasteiger partial charge in [-0.25, -0.2) is 0 Å². The number of carbonyl (C=O) groups excluding carboxylic acids is 5. The first-order chi connectivity index (χ1) is 20.8. The molecule has 246 valence electrons. The molecule has 1 aliphatic heterocycles. The van der Waals surface area contributed by atoms with Crippen molar-refractivity contribution >= 4 is 53.1 Å². The molecule has 44 heavy (non-hydrogen) atoms. The van der Waals surface area contributed by atoms with E-state index in [1.54, 1.807) is 37.4 Å². The number of hydrogen-bond donors (Lipinski definition) is 5. The molecule has 0 radical (unpaired) electrons. The summed E-state index contributed by atoms with van der Waals surface area (Å²) in [7, 11) is 0. The summed E-state index contributed by atoms with van der Waals surface area (Å²) in [6, 6.07) is 4.04. The van der Waals surface area contributed by atoms with E-state index in [1.807, 2.05) is 32.0 Å². The SMILES string of the molecule is CC(C)C[C@H](NC(=O)C1(NC(=O)CCSCc2cccc(CSCCC(N)=O)n2)CCOCC1)C(=O)N[C@H](C(N)=O)C(C)C. The number of amides is 5. The average Bonchev–Trinajstić information content (AvgIpc) is 2.95. The average molecular weight is 653 g/mol. The molecule has 7 N–H and O–H groups in total. The first-order valence-electron chi connectivity index (χ1n) is 15.0. The van der Waals surface area contributed by atoms with Gasteiger partial charge in [0.15, 0.2) is 0 Å². The summed E-state index contributed by atoms with van der Waals surface area (Å²) in [4.78, 5) is 67.3. The van der Waals surface area contributed by atoms with Crippen LogP contribution >= 0.6 is 23.5 Å². The summed E-state index contributed by atoms with van der Waals surface area (Å²) in [6.45, 7) is 8.01. The second-order valence-electron chi connectivity index (χ2n) is 11.7. The highest BCUT2D eigenvalue weighted by Gasteiger charge is 2.43. The fourth-order valence-electron chi connectivity index (χ4n) is 4.66. The first-order valence-corrected chi connectivity index (χ1v) is 17.3. The molecule has 1 fully saturated rings. The maximum absolute atomic E-state index is 13.7. The Hall–Kier alpha value is -2.84. The third-order valence-corrected chi connectivity index (χ3v) is 9.08. The van der Waals surface area contributed by atoms with E-state index in [-0.39, 0.29) is 42.9 Å². The molecule has 1 aromatic rings. The highest BCUT2D eigenvalue weighted by molar-refractivity contribution is 7.98. The van der Waals surface area contributed by atoms with Crippen LogP contribution in [0.2, 0.25) is 0 Å². The third kappa shape index (κ3) is 13.0. The molecule has 0 spiro atoms. The minimum absolute atomic E-state index is 0.0742. The van der Waals surface area contributed by atoms with Crippen LogP contribution in [0, 0.1) is 11.8 Å². The van der Waals surface area contributed by atoms with Crippen molar-refractivity contribution < 1.29 is 28.7 Å². The van der Waals surface area contributed by atoms with E-state index in [0.717, 1.165) is 11.4 Å². The maximum Gasteiger partial charge on any atom is 0.246 e. The Kier molecular flexibility index (Phi) is 16.0. The summed E-state index contributed by atoms with van der Waals surface area (Å²) >= 11 is 3.17. The van der Waals surface area contributed by atoms with Crippen molar-refractivity contribution in [3.63, 3.8) is 0 Å². The summed E-state index contributed by atoms with van der Waals surface area (Å²) < 4.78 is 5.48. The number of pyridine rings is 1. The number of primary amides is 2.